The summed E-state index contributed by atoms with van der Waals surface area (Å²) in [6.45, 7) is 0.552. The minimum atomic E-state index is -0.641. The maximum absolute atomic E-state index is 12.5. The number of rotatable bonds is 5. The number of hydrogen-bond donors (Lipinski definition) is 0. The fraction of sp³-hybridized carbons (Fsp3) is 0.150. The fourth-order valence-corrected chi connectivity index (χ4v) is 3.11. The molecular formula is C20H18BrN3O4. The van der Waals surface area contributed by atoms with E-state index in [1.807, 2.05) is 30.5 Å². The summed E-state index contributed by atoms with van der Waals surface area (Å²) in [5.41, 5.74) is 1.87. The van der Waals surface area contributed by atoms with Crippen LogP contribution in [0.1, 0.15) is 5.56 Å². The molecule has 7 nitrogen and oxygen atoms in total. The van der Waals surface area contributed by atoms with Crippen LogP contribution in [0.5, 0.6) is 0 Å². The van der Waals surface area contributed by atoms with Crippen molar-refractivity contribution in [2.75, 3.05) is 19.1 Å². The Morgan fingerprint density at radius 3 is 2.61 bits per heavy atom. The number of methoxy groups -OCH3 is 2. The zero-order chi connectivity index (χ0) is 20.1. The van der Waals surface area contributed by atoms with E-state index in [4.69, 9.17) is 9.47 Å². The number of carbonyl (C=O) groups excluding carboxylic acids is 2. The summed E-state index contributed by atoms with van der Waals surface area (Å²) in [6, 6.07) is 7.60. The lowest BCUT2D eigenvalue weighted by Crippen LogP contribution is -2.27. The van der Waals surface area contributed by atoms with Crippen molar-refractivity contribution >= 4 is 33.6 Å². The Balaban J connectivity index is 2.03. The molecule has 0 amide bonds. The normalized spacial score (nSPS) is 13.5. The molecule has 1 aliphatic rings. The van der Waals surface area contributed by atoms with E-state index in [0.29, 0.717) is 12.2 Å². The maximum atomic E-state index is 12.5. The highest BCUT2D eigenvalue weighted by molar-refractivity contribution is 9.10. The average molecular weight is 444 g/mol. The van der Waals surface area contributed by atoms with Gasteiger partial charge >= 0.3 is 11.9 Å². The summed E-state index contributed by atoms with van der Waals surface area (Å²) in [4.78, 5) is 26.3. The van der Waals surface area contributed by atoms with E-state index in [9.17, 15) is 9.59 Å². The van der Waals surface area contributed by atoms with Crippen LogP contribution in [-0.2, 0) is 25.6 Å². The van der Waals surface area contributed by atoms with Gasteiger partial charge in [-0.15, -0.1) is 0 Å². The monoisotopic (exact) mass is 443 g/mol. The number of nitrogens with zero attached hydrogens (tertiary/aromatic N) is 3. The minimum Gasteiger partial charge on any atom is -0.465 e. The van der Waals surface area contributed by atoms with Crippen molar-refractivity contribution in [1.29, 1.82) is 0 Å². The number of hydrogen-bond acceptors (Lipinski definition) is 6. The summed E-state index contributed by atoms with van der Waals surface area (Å²) in [6.07, 6.45) is 10.2. The van der Waals surface area contributed by atoms with Crippen molar-refractivity contribution in [3.05, 3.63) is 82.4 Å². The summed E-state index contributed by atoms with van der Waals surface area (Å²) < 4.78 is 12.4. The Bertz CT molecular complexity index is 991. The van der Waals surface area contributed by atoms with Gasteiger partial charge in [0.05, 0.1) is 37.0 Å². The van der Waals surface area contributed by atoms with Crippen LogP contribution < -0.4 is 4.90 Å². The Morgan fingerprint density at radius 1 is 1.14 bits per heavy atom. The first kappa shape index (κ1) is 19.6. The topological polar surface area (TPSA) is 73.7 Å². The molecule has 3 rings (SSSR count). The van der Waals surface area contributed by atoms with Crippen molar-refractivity contribution in [3.8, 4) is 0 Å². The molecule has 0 atom stereocenters. The molecule has 0 bridgehead atoms. The predicted octanol–water partition coefficient (Wildman–Crippen LogP) is 3.18. The number of halogens is 1. The van der Waals surface area contributed by atoms with Gasteiger partial charge in [0.25, 0.3) is 0 Å². The van der Waals surface area contributed by atoms with Crippen LogP contribution in [0, 0.1) is 0 Å². The Labute approximate surface area is 170 Å². The predicted molar refractivity (Wildman–Crippen MR) is 107 cm³/mol. The van der Waals surface area contributed by atoms with Gasteiger partial charge < -0.3 is 14.4 Å². The standard InChI is InChI=1S/C20H18BrN3O4/c1-27-19(25)17-8-3-4-9-24(18(17)20(26)28-2)16-7-5-6-14(10-16)12-23-13-15(21)11-22-23/h3-11,13H,12H2,1-2H3. The zero-order valence-corrected chi connectivity index (χ0v) is 16.9. The highest BCUT2D eigenvalue weighted by atomic mass is 79.9. The summed E-state index contributed by atoms with van der Waals surface area (Å²) >= 11 is 3.38. The molecule has 1 aliphatic heterocycles. The van der Waals surface area contributed by atoms with E-state index in [-0.39, 0.29) is 11.3 Å². The molecule has 0 saturated heterocycles. The molecule has 144 valence electrons. The average Bonchev–Trinajstić information content (AvgIpc) is 2.99. The van der Waals surface area contributed by atoms with Gasteiger partial charge in [0.1, 0.15) is 5.70 Å². The van der Waals surface area contributed by atoms with Gasteiger partial charge in [0, 0.05) is 18.1 Å². The number of anilines is 1. The Morgan fingerprint density at radius 2 is 1.93 bits per heavy atom. The first-order valence-electron chi connectivity index (χ1n) is 8.35. The molecular weight excluding hydrogens is 426 g/mol. The lowest BCUT2D eigenvalue weighted by molar-refractivity contribution is -0.139. The van der Waals surface area contributed by atoms with Crippen LogP contribution >= 0.6 is 15.9 Å². The molecule has 28 heavy (non-hydrogen) atoms. The molecule has 0 fully saturated rings. The van der Waals surface area contributed by atoms with Gasteiger partial charge in [-0.3, -0.25) is 4.68 Å². The van der Waals surface area contributed by atoms with E-state index in [0.717, 1.165) is 10.0 Å². The zero-order valence-electron chi connectivity index (χ0n) is 15.3. The molecule has 0 spiro atoms. The number of benzene rings is 1. The van der Waals surface area contributed by atoms with Gasteiger partial charge in [-0.05, 0) is 45.8 Å². The largest absolute Gasteiger partial charge is 0.465 e. The second-order valence-electron chi connectivity index (χ2n) is 5.84. The van der Waals surface area contributed by atoms with Gasteiger partial charge in [0.2, 0.25) is 0 Å². The molecule has 2 heterocycles. The third-order valence-electron chi connectivity index (χ3n) is 4.02. The summed E-state index contributed by atoms with van der Waals surface area (Å²) in [5, 5.41) is 4.26. The number of carbonyl (C=O) groups is 2. The molecule has 1 aromatic heterocycles. The van der Waals surface area contributed by atoms with Crippen LogP contribution in [-0.4, -0.2) is 35.9 Å². The van der Waals surface area contributed by atoms with Crippen molar-refractivity contribution in [1.82, 2.24) is 9.78 Å². The summed E-state index contributed by atoms with van der Waals surface area (Å²) in [7, 11) is 2.54. The van der Waals surface area contributed by atoms with Crippen LogP contribution in [0.4, 0.5) is 5.69 Å². The van der Waals surface area contributed by atoms with E-state index in [1.54, 1.807) is 34.1 Å². The van der Waals surface area contributed by atoms with Gasteiger partial charge in [-0.1, -0.05) is 18.2 Å². The van der Waals surface area contributed by atoms with Gasteiger partial charge in [-0.25, -0.2) is 9.59 Å². The van der Waals surface area contributed by atoms with Crippen molar-refractivity contribution < 1.29 is 19.1 Å². The second-order valence-corrected chi connectivity index (χ2v) is 6.76. The van der Waals surface area contributed by atoms with Crippen LogP contribution in [0.2, 0.25) is 0 Å². The quantitative estimate of drug-likeness (QED) is 0.660. The smallest absolute Gasteiger partial charge is 0.355 e. The van der Waals surface area contributed by atoms with Gasteiger partial charge in [0.15, 0.2) is 0 Å². The first-order valence-corrected chi connectivity index (χ1v) is 9.14. The third-order valence-corrected chi connectivity index (χ3v) is 4.43. The first-order chi connectivity index (χ1) is 13.5. The molecule has 0 aliphatic carbocycles. The van der Waals surface area contributed by atoms with E-state index in [1.165, 1.54) is 20.3 Å². The highest BCUT2D eigenvalue weighted by Crippen LogP contribution is 2.27. The third kappa shape index (κ3) is 4.23. The van der Waals surface area contributed by atoms with Crippen molar-refractivity contribution in [2.45, 2.75) is 6.54 Å². The number of allylic oxidation sites excluding steroid dienone is 2. The Hall–Kier alpha value is -3.13. The van der Waals surface area contributed by atoms with Crippen LogP contribution in [0.3, 0.4) is 0 Å². The van der Waals surface area contributed by atoms with Crippen molar-refractivity contribution in [3.63, 3.8) is 0 Å². The fourth-order valence-electron chi connectivity index (χ4n) is 2.78. The lowest BCUT2D eigenvalue weighted by atomic mass is 10.1. The molecule has 0 radical (unpaired) electrons. The van der Waals surface area contributed by atoms with E-state index >= 15 is 0 Å². The maximum Gasteiger partial charge on any atom is 0.355 e. The second kappa shape index (κ2) is 8.71. The van der Waals surface area contributed by atoms with E-state index in [2.05, 4.69) is 21.0 Å². The van der Waals surface area contributed by atoms with Gasteiger partial charge in [-0.2, -0.15) is 5.10 Å². The van der Waals surface area contributed by atoms with E-state index < -0.39 is 11.9 Å². The van der Waals surface area contributed by atoms with Crippen LogP contribution in [0.25, 0.3) is 0 Å². The lowest BCUT2D eigenvalue weighted by Gasteiger charge is -2.23. The molecule has 1 aromatic carbocycles. The number of ether oxygens (including phenoxy) is 2. The SMILES string of the molecule is COC(=O)C1=C(C(=O)OC)N(c2cccc(Cn3cc(Br)cn3)c2)C=CC=C1. The van der Waals surface area contributed by atoms with Crippen LogP contribution in [0.15, 0.2) is 76.8 Å². The highest BCUT2D eigenvalue weighted by Gasteiger charge is 2.27. The summed E-state index contributed by atoms with van der Waals surface area (Å²) in [5.74, 6) is -1.26. The molecule has 8 heteroatoms. The molecule has 2 aromatic rings. The Kier molecular flexibility index (Phi) is 6.10. The minimum absolute atomic E-state index is 0.0818. The molecule has 0 N–H and O–H groups in total. The van der Waals surface area contributed by atoms with Crippen molar-refractivity contribution in [2.24, 2.45) is 0 Å². The molecule has 0 unspecified atom stereocenters. The molecule has 0 saturated carbocycles. The number of esters is 2. The number of aromatic nitrogens is 2.